The molecule has 2 rings (SSSR count). The average Bonchev–Trinajstić information content (AvgIpc) is 2.34. The third-order valence-corrected chi connectivity index (χ3v) is 3.23. The summed E-state index contributed by atoms with van der Waals surface area (Å²) in [7, 11) is 0. The highest BCUT2D eigenvalue weighted by Gasteiger charge is 2.10. The summed E-state index contributed by atoms with van der Waals surface area (Å²) in [5, 5.41) is 0. The molecular formula is C16H21N3O. The van der Waals surface area contributed by atoms with E-state index < -0.39 is 0 Å². The van der Waals surface area contributed by atoms with Crippen LogP contribution in [0.2, 0.25) is 0 Å². The molecule has 1 aromatic carbocycles. The molecule has 1 heterocycles. The van der Waals surface area contributed by atoms with Crippen LogP contribution in [0.25, 0.3) is 0 Å². The van der Waals surface area contributed by atoms with Crippen LogP contribution in [0.3, 0.4) is 0 Å². The molecule has 0 aliphatic rings. The number of aromatic nitrogens is 2. The van der Waals surface area contributed by atoms with E-state index in [0.717, 1.165) is 16.9 Å². The zero-order chi connectivity index (χ0) is 14.9. The van der Waals surface area contributed by atoms with Gasteiger partial charge in [0.2, 0.25) is 5.88 Å². The minimum atomic E-state index is 0.209. The van der Waals surface area contributed by atoms with Crippen molar-refractivity contribution >= 4 is 5.82 Å². The van der Waals surface area contributed by atoms with Gasteiger partial charge in [0.05, 0.1) is 0 Å². The topological polar surface area (TPSA) is 61.0 Å². The molecular weight excluding hydrogens is 250 g/mol. The van der Waals surface area contributed by atoms with E-state index in [4.69, 9.17) is 10.5 Å². The Morgan fingerprint density at radius 1 is 1.05 bits per heavy atom. The molecule has 2 aromatic rings. The molecule has 0 unspecified atom stereocenters. The SMILES string of the molecule is Cc1cc(C)c(C)c(Oc2cc(N)nc(C(C)C)n2)c1. The maximum Gasteiger partial charge on any atom is 0.224 e. The molecule has 0 saturated carbocycles. The van der Waals surface area contributed by atoms with Gasteiger partial charge in [-0.3, -0.25) is 0 Å². The fraction of sp³-hybridized carbons (Fsp3) is 0.375. The molecule has 0 spiro atoms. The summed E-state index contributed by atoms with van der Waals surface area (Å²) < 4.78 is 5.91. The van der Waals surface area contributed by atoms with Gasteiger partial charge in [0, 0.05) is 12.0 Å². The summed E-state index contributed by atoms with van der Waals surface area (Å²) in [6, 6.07) is 5.80. The van der Waals surface area contributed by atoms with Crippen LogP contribution < -0.4 is 10.5 Å². The molecule has 0 bridgehead atoms. The first-order valence-electron chi connectivity index (χ1n) is 6.77. The highest BCUT2D eigenvalue weighted by Crippen LogP contribution is 2.28. The summed E-state index contributed by atoms with van der Waals surface area (Å²) in [4.78, 5) is 8.63. The number of aryl methyl sites for hydroxylation is 2. The largest absolute Gasteiger partial charge is 0.439 e. The Kier molecular flexibility index (Phi) is 3.93. The number of benzene rings is 1. The Morgan fingerprint density at radius 3 is 2.40 bits per heavy atom. The van der Waals surface area contributed by atoms with Crippen LogP contribution in [0.4, 0.5) is 5.82 Å². The number of hydrogen-bond acceptors (Lipinski definition) is 4. The van der Waals surface area contributed by atoms with Crippen molar-refractivity contribution in [3.05, 3.63) is 40.7 Å². The maximum atomic E-state index is 5.91. The lowest BCUT2D eigenvalue weighted by molar-refractivity contribution is 0.453. The second-order valence-corrected chi connectivity index (χ2v) is 5.45. The molecule has 2 N–H and O–H groups in total. The quantitative estimate of drug-likeness (QED) is 0.919. The molecule has 0 atom stereocenters. The monoisotopic (exact) mass is 271 g/mol. The lowest BCUT2D eigenvalue weighted by Crippen LogP contribution is -2.03. The predicted octanol–water partition coefficient (Wildman–Crippen LogP) is 3.90. The summed E-state index contributed by atoms with van der Waals surface area (Å²) in [5.41, 5.74) is 9.29. The minimum absolute atomic E-state index is 0.209. The first-order valence-corrected chi connectivity index (χ1v) is 6.77. The second-order valence-electron chi connectivity index (χ2n) is 5.45. The van der Waals surface area contributed by atoms with Gasteiger partial charge in [-0.05, 0) is 43.5 Å². The highest BCUT2D eigenvalue weighted by atomic mass is 16.5. The van der Waals surface area contributed by atoms with Crippen LogP contribution >= 0.6 is 0 Å². The van der Waals surface area contributed by atoms with Crippen LogP contribution in [0, 0.1) is 20.8 Å². The maximum absolute atomic E-state index is 5.91. The van der Waals surface area contributed by atoms with Crippen LogP contribution in [-0.4, -0.2) is 9.97 Å². The van der Waals surface area contributed by atoms with Crippen molar-refractivity contribution < 1.29 is 4.74 Å². The third-order valence-electron chi connectivity index (χ3n) is 3.23. The molecule has 106 valence electrons. The van der Waals surface area contributed by atoms with Gasteiger partial charge in [-0.15, -0.1) is 0 Å². The third kappa shape index (κ3) is 3.07. The number of nitrogens with two attached hydrogens (primary N) is 1. The van der Waals surface area contributed by atoms with Crippen molar-refractivity contribution in [1.82, 2.24) is 9.97 Å². The molecule has 4 heteroatoms. The van der Waals surface area contributed by atoms with E-state index in [1.165, 1.54) is 5.56 Å². The molecule has 20 heavy (non-hydrogen) atoms. The van der Waals surface area contributed by atoms with E-state index in [0.29, 0.717) is 17.5 Å². The number of rotatable bonds is 3. The summed E-state index contributed by atoms with van der Waals surface area (Å²) >= 11 is 0. The van der Waals surface area contributed by atoms with Crippen molar-refractivity contribution in [2.75, 3.05) is 5.73 Å². The minimum Gasteiger partial charge on any atom is -0.439 e. The van der Waals surface area contributed by atoms with Crippen LogP contribution in [0.15, 0.2) is 18.2 Å². The van der Waals surface area contributed by atoms with E-state index >= 15 is 0 Å². The van der Waals surface area contributed by atoms with Crippen LogP contribution in [0.1, 0.15) is 42.3 Å². The van der Waals surface area contributed by atoms with Gasteiger partial charge in [0.25, 0.3) is 0 Å². The molecule has 0 fully saturated rings. The summed E-state index contributed by atoms with van der Waals surface area (Å²) in [6.45, 7) is 10.2. The van der Waals surface area contributed by atoms with E-state index in [1.54, 1.807) is 6.07 Å². The van der Waals surface area contributed by atoms with Gasteiger partial charge < -0.3 is 10.5 Å². The molecule has 4 nitrogen and oxygen atoms in total. The van der Waals surface area contributed by atoms with E-state index in [-0.39, 0.29) is 5.92 Å². The molecule has 1 aromatic heterocycles. The second kappa shape index (κ2) is 5.49. The van der Waals surface area contributed by atoms with Gasteiger partial charge in [-0.25, -0.2) is 4.98 Å². The Morgan fingerprint density at radius 2 is 1.75 bits per heavy atom. The number of nitrogen functional groups attached to an aromatic ring is 1. The van der Waals surface area contributed by atoms with Gasteiger partial charge >= 0.3 is 0 Å². The summed E-state index contributed by atoms with van der Waals surface area (Å²) in [6.07, 6.45) is 0. The van der Waals surface area contributed by atoms with E-state index in [2.05, 4.69) is 23.0 Å². The normalized spacial score (nSPS) is 10.9. The van der Waals surface area contributed by atoms with Crippen LogP contribution in [0.5, 0.6) is 11.6 Å². The summed E-state index contributed by atoms with van der Waals surface area (Å²) in [5.74, 6) is 2.65. The van der Waals surface area contributed by atoms with Gasteiger partial charge in [0.1, 0.15) is 17.4 Å². The van der Waals surface area contributed by atoms with Gasteiger partial charge in [0.15, 0.2) is 0 Å². The Labute approximate surface area is 120 Å². The van der Waals surface area contributed by atoms with Crippen molar-refractivity contribution in [2.45, 2.75) is 40.5 Å². The fourth-order valence-corrected chi connectivity index (χ4v) is 1.99. The zero-order valence-electron chi connectivity index (χ0n) is 12.7. The van der Waals surface area contributed by atoms with Crippen molar-refractivity contribution in [1.29, 1.82) is 0 Å². The van der Waals surface area contributed by atoms with E-state index in [9.17, 15) is 0 Å². The van der Waals surface area contributed by atoms with Gasteiger partial charge in [-0.2, -0.15) is 4.98 Å². The molecule has 0 aliphatic heterocycles. The van der Waals surface area contributed by atoms with E-state index in [1.807, 2.05) is 33.8 Å². The Hall–Kier alpha value is -2.10. The predicted molar refractivity (Wildman–Crippen MR) is 81.3 cm³/mol. The smallest absolute Gasteiger partial charge is 0.224 e. The lowest BCUT2D eigenvalue weighted by Gasteiger charge is -2.13. The Balaban J connectivity index is 2.40. The molecule has 0 saturated heterocycles. The number of hydrogen-bond donors (Lipinski definition) is 1. The van der Waals surface area contributed by atoms with Crippen molar-refractivity contribution in [3.63, 3.8) is 0 Å². The standard InChI is InChI=1S/C16H21N3O/c1-9(2)16-18-14(17)8-15(19-16)20-13-7-10(3)6-11(4)12(13)5/h6-9H,1-5H3,(H2,17,18,19). The zero-order valence-corrected chi connectivity index (χ0v) is 12.7. The number of nitrogens with zero attached hydrogens (tertiary/aromatic N) is 2. The first kappa shape index (κ1) is 14.3. The van der Waals surface area contributed by atoms with Crippen molar-refractivity contribution in [2.24, 2.45) is 0 Å². The number of anilines is 1. The first-order chi connectivity index (χ1) is 9.36. The van der Waals surface area contributed by atoms with Crippen molar-refractivity contribution in [3.8, 4) is 11.6 Å². The van der Waals surface area contributed by atoms with Crippen LogP contribution in [-0.2, 0) is 0 Å². The lowest BCUT2D eigenvalue weighted by atomic mass is 10.1. The Bertz CT molecular complexity index is 636. The molecule has 0 aliphatic carbocycles. The fourth-order valence-electron chi connectivity index (χ4n) is 1.99. The average molecular weight is 271 g/mol. The highest BCUT2D eigenvalue weighted by molar-refractivity contribution is 5.44. The molecule has 0 amide bonds. The molecule has 0 radical (unpaired) electrons. The number of ether oxygens (including phenoxy) is 1. The van der Waals surface area contributed by atoms with Gasteiger partial charge in [-0.1, -0.05) is 19.9 Å².